The van der Waals surface area contributed by atoms with Crippen molar-refractivity contribution in [3.05, 3.63) is 53.1 Å². The van der Waals surface area contributed by atoms with Crippen LogP contribution in [0.4, 0.5) is 18.9 Å². The minimum absolute atomic E-state index is 0.561. The molecule has 0 amide bonds. The van der Waals surface area contributed by atoms with E-state index in [9.17, 15) is 13.2 Å². The first-order chi connectivity index (χ1) is 12.5. The summed E-state index contributed by atoms with van der Waals surface area (Å²) in [6.45, 7) is 0.764. The van der Waals surface area contributed by atoms with Gasteiger partial charge in [0.15, 0.2) is 0 Å². The van der Waals surface area contributed by atoms with Crippen molar-refractivity contribution >= 4 is 17.4 Å². The molecule has 138 valence electrons. The molecular weight excluding hydrogens is 355 g/mol. The molecule has 1 aliphatic heterocycles. The summed E-state index contributed by atoms with van der Waals surface area (Å²) in [6.07, 6.45) is 2.45. The average molecular weight is 377 g/mol. The van der Waals surface area contributed by atoms with E-state index < -0.39 is 11.7 Å². The molecule has 1 N–H and O–H groups in total. The van der Waals surface area contributed by atoms with Crippen molar-refractivity contribution in [2.24, 2.45) is 5.92 Å². The third kappa shape index (κ3) is 3.73. The molecule has 2 aromatic rings. The number of benzene rings is 2. The van der Waals surface area contributed by atoms with Crippen molar-refractivity contribution in [2.45, 2.75) is 54.5 Å². The highest BCUT2D eigenvalue weighted by Crippen LogP contribution is 2.45. The van der Waals surface area contributed by atoms with Crippen LogP contribution < -0.4 is 5.32 Å². The molecule has 0 spiro atoms. The molecule has 1 aliphatic carbocycles. The van der Waals surface area contributed by atoms with Gasteiger partial charge in [-0.25, -0.2) is 0 Å². The fraction of sp³-hybridized carbons (Fsp3) is 0.429. The molecule has 2 aromatic carbocycles. The van der Waals surface area contributed by atoms with Gasteiger partial charge in [-0.1, -0.05) is 49.2 Å². The van der Waals surface area contributed by atoms with Gasteiger partial charge in [-0.3, -0.25) is 0 Å². The van der Waals surface area contributed by atoms with Gasteiger partial charge in [-0.15, -0.1) is 0 Å². The molecule has 0 aromatic heterocycles. The van der Waals surface area contributed by atoms with Crippen LogP contribution in [0.1, 0.15) is 48.8 Å². The third-order valence-corrected chi connectivity index (χ3v) is 6.60. The van der Waals surface area contributed by atoms with Gasteiger partial charge >= 0.3 is 6.18 Å². The number of nitrogens with one attached hydrogen (secondary N) is 1. The van der Waals surface area contributed by atoms with Crippen LogP contribution in [-0.4, -0.2) is 6.54 Å². The van der Waals surface area contributed by atoms with Crippen LogP contribution in [0.25, 0.3) is 0 Å². The van der Waals surface area contributed by atoms with Crippen molar-refractivity contribution in [3.63, 3.8) is 0 Å². The summed E-state index contributed by atoms with van der Waals surface area (Å²) in [5.41, 5.74) is 2.28. The number of hydrogen-bond donors (Lipinski definition) is 1. The fourth-order valence-corrected chi connectivity index (χ4v) is 5.09. The maximum atomic E-state index is 13.4. The molecule has 0 radical (unpaired) electrons. The summed E-state index contributed by atoms with van der Waals surface area (Å²) in [4.78, 5) is 1.78. The Bertz CT molecular complexity index is 794. The molecule has 0 atom stereocenters. The Kier molecular flexibility index (Phi) is 4.91. The van der Waals surface area contributed by atoms with Gasteiger partial charge in [0.2, 0.25) is 0 Å². The zero-order valence-electron chi connectivity index (χ0n) is 14.5. The molecule has 1 saturated carbocycles. The van der Waals surface area contributed by atoms with Gasteiger partial charge in [-0.2, -0.15) is 13.2 Å². The fourth-order valence-electron chi connectivity index (χ4n) is 3.94. The highest BCUT2D eigenvalue weighted by molar-refractivity contribution is 7.99. The lowest BCUT2D eigenvalue weighted by atomic mass is 9.89. The quantitative estimate of drug-likeness (QED) is 0.541. The second kappa shape index (κ2) is 7.18. The van der Waals surface area contributed by atoms with Gasteiger partial charge in [0.05, 0.1) is 5.56 Å². The summed E-state index contributed by atoms with van der Waals surface area (Å²) >= 11 is 1.45. The highest BCUT2D eigenvalue weighted by atomic mass is 32.2. The highest BCUT2D eigenvalue weighted by Gasteiger charge is 2.33. The van der Waals surface area contributed by atoms with E-state index in [4.69, 9.17) is 0 Å². The summed E-state index contributed by atoms with van der Waals surface area (Å²) in [5.74, 6) is 0.567. The number of anilines is 1. The molecule has 26 heavy (non-hydrogen) atoms. The van der Waals surface area contributed by atoms with Crippen molar-refractivity contribution in [2.75, 3.05) is 11.9 Å². The lowest BCUT2D eigenvalue weighted by Crippen LogP contribution is -2.19. The van der Waals surface area contributed by atoms with E-state index in [0.717, 1.165) is 21.9 Å². The Labute approximate surface area is 156 Å². The molecule has 1 fully saturated rings. The van der Waals surface area contributed by atoms with Gasteiger partial charge in [0, 0.05) is 28.4 Å². The number of rotatable bonds is 3. The first kappa shape index (κ1) is 17.8. The van der Waals surface area contributed by atoms with E-state index in [-0.39, 0.29) is 0 Å². The summed E-state index contributed by atoms with van der Waals surface area (Å²) < 4.78 is 40.2. The first-order valence-electron chi connectivity index (χ1n) is 9.24. The van der Waals surface area contributed by atoms with E-state index >= 15 is 0 Å². The van der Waals surface area contributed by atoms with Crippen LogP contribution in [0, 0.1) is 5.92 Å². The number of fused-ring (bicyclic) bond motifs is 2. The second-order valence-electron chi connectivity index (χ2n) is 7.27. The van der Waals surface area contributed by atoms with Crippen LogP contribution in [0.15, 0.2) is 46.2 Å². The van der Waals surface area contributed by atoms with Crippen LogP contribution in [0.2, 0.25) is 0 Å². The SMILES string of the molecule is FC(F)(F)c1cc(NCC2CCCCC2)c2c(c1)Sc1ccccc1C2. The monoisotopic (exact) mass is 377 g/mol. The van der Waals surface area contributed by atoms with Gasteiger partial charge < -0.3 is 5.32 Å². The number of halogens is 3. The Hall–Kier alpha value is -1.62. The van der Waals surface area contributed by atoms with Crippen LogP contribution in [0.3, 0.4) is 0 Å². The second-order valence-corrected chi connectivity index (χ2v) is 8.35. The summed E-state index contributed by atoms with van der Waals surface area (Å²) in [5, 5.41) is 3.37. The van der Waals surface area contributed by atoms with E-state index in [1.54, 1.807) is 0 Å². The van der Waals surface area contributed by atoms with Gasteiger partial charge in [0.25, 0.3) is 0 Å². The number of alkyl halides is 3. The predicted molar refractivity (Wildman–Crippen MR) is 99.9 cm³/mol. The molecule has 1 heterocycles. The number of hydrogen-bond acceptors (Lipinski definition) is 2. The lowest BCUT2D eigenvalue weighted by Gasteiger charge is -2.26. The molecule has 4 rings (SSSR count). The molecule has 0 saturated heterocycles. The minimum atomic E-state index is -4.33. The maximum absolute atomic E-state index is 13.4. The Morgan fingerprint density at radius 2 is 1.77 bits per heavy atom. The molecular formula is C21H22F3NS. The molecule has 0 bridgehead atoms. The van der Waals surface area contributed by atoms with Crippen LogP contribution in [0.5, 0.6) is 0 Å². The average Bonchev–Trinajstić information content (AvgIpc) is 2.64. The largest absolute Gasteiger partial charge is 0.416 e. The van der Waals surface area contributed by atoms with E-state index in [1.165, 1.54) is 61.6 Å². The topological polar surface area (TPSA) is 12.0 Å². The maximum Gasteiger partial charge on any atom is 0.416 e. The zero-order valence-corrected chi connectivity index (χ0v) is 15.3. The van der Waals surface area contributed by atoms with Crippen molar-refractivity contribution in [3.8, 4) is 0 Å². The Morgan fingerprint density at radius 3 is 2.54 bits per heavy atom. The standard InChI is InChI=1S/C21H22F3NS/c22-21(23,24)16-11-18(25-13-14-6-2-1-3-7-14)17-10-15-8-4-5-9-19(15)26-20(17)12-16/h4-5,8-9,11-12,14,25H,1-3,6-7,10,13H2. The molecule has 2 aliphatic rings. The van der Waals surface area contributed by atoms with Crippen molar-refractivity contribution in [1.29, 1.82) is 0 Å². The molecule has 5 heteroatoms. The third-order valence-electron chi connectivity index (χ3n) is 5.40. The minimum Gasteiger partial charge on any atom is -0.384 e. The smallest absolute Gasteiger partial charge is 0.384 e. The predicted octanol–water partition coefficient (Wildman–Crippen LogP) is 6.75. The molecule has 0 unspecified atom stereocenters. The van der Waals surface area contributed by atoms with E-state index in [2.05, 4.69) is 11.4 Å². The van der Waals surface area contributed by atoms with E-state index in [1.807, 2.05) is 18.2 Å². The van der Waals surface area contributed by atoms with Crippen LogP contribution in [-0.2, 0) is 12.6 Å². The lowest BCUT2D eigenvalue weighted by molar-refractivity contribution is -0.137. The zero-order chi connectivity index (χ0) is 18.1. The van der Waals surface area contributed by atoms with Gasteiger partial charge in [0.1, 0.15) is 0 Å². The van der Waals surface area contributed by atoms with Crippen molar-refractivity contribution < 1.29 is 13.2 Å². The summed E-state index contributed by atoms with van der Waals surface area (Å²) in [6, 6.07) is 10.6. The molecule has 1 nitrogen and oxygen atoms in total. The van der Waals surface area contributed by atoms with E-state index in [0.29, 0.717) is 18.0 Å². The van der Waals surface area contributed by atoms with Crippen LogP contribution >= 0.6 is 11.8 Å². The Morgan fingerprint density at radius 1 is 1.00 bits per heavy atom. The normalized spacial score (nSPS) is 17.5. The Balaban J connectivity index is 1.65. The first-order valence-corrected chi connectivity index (χ1v) is 10.1. The van der Waals surface area contributed by atoms with Crippen molar-refractivity contribution in [1.82, 2.24) is 0 Å². The van der Waals surface area contributed by atoms with Gasteiger partial charge in [-0.05, 0) is 48.1 Å². The summed E-state index contributed by atoms with van der Waals surface area (Å²) in [7, 11) is 0.